The largest absolute Gasteiger partial charge is 0.481 e. The molecule has 0 amide bonds. The van der Waals surface area contributed by atoms with Crippen LogP contribution in [0, 0.1) is 5.82 Å². The molecular weight excluding hydrogens is 333 g/mol. The number of sulfonamides is 1. The maximum Gasteiger partial charge on any atom is 0.309 e. The number of rotatable bonds is 7. The summed E-state index contributed by atoms with van der Waals surface area (Å²) < 4.78 is 39.1. The summed E-state index contributed by atoms with van der Waals surface area (Å²) in [4.78, 5) is 17.9. The van der Waals surface area contributed by atoms with Gasteiger partial charge in [-0.2, -0.15) is 0 Å². The van der Waals surface area contributed by atoms with Gasteiger partial charge in [0, 0.05) is 24.5 Å². The molecule has 0 unspecified atom stereocenters. The number of thiazole rings is 1. The van der Waals surface area contributed by atoms with Crippen molar-refractivity contribution in [3.8, 4) is 0 Å². The molecule has 22 heavy (non-hydrogen) atoms. The van der Waals surface area contributed by atoms with Gasteiger partial charge in [-0.1, -0.05) is 0 Å². The van der Waals surface area contributed by atoms with Crippen LogP contribution in [0.2, 0.25) is 0 Å². The number of nitrogens with zero attached hydrogens (tertiary/aromatic N) is 2. The molecule has 0 aromatic carbocycles. The van der Waals surface area contributed by atoms with Gasteiger partial charge in [0.25, 0.3) is 0 Å². The summed E-state index contributed by atoms with van der Waals surface area (Å²) in [6, 6.07) is 0.879. The van der Waals surface area contributed by atoms with Crippen molar-refractivity contribution >= 4 is 27.3 Å². The summed E-state index contributed by atoms with van der Waals surface area (Å²) in [7, 11) is -3.83. The number of carbonyl (C=O) groups is 1. The van der Waals surface area contributed by atoms with Gasteiger partial charge in [0.2, 0.25) is 10.0 Å². The topological polar surface area (TPSA) is 109 Å². The Labute approximate surface area is 129 Å². The standard InChI is InChI=1S/C12H12FN3O4S2/c13-8-3-10(6-14-5-8)22(19,20)15-2-1-11-16-9(7-21-11)4-12(17)18/h3,5-7,15H,1-2,4H2,(H,17,18). The Hall–Kier alpha value is -1.91. The van der Waals surface area contributed by atoms with Crippen LogP contribution >= 0.6 is 11.3 Å². The first kappa shape index (κ1) is 16.5. The summed E-state index contributed by atoms with van der Waals surface area (Å²) in [5, 5.41) is 10.9. The third-order valence-corrected chi connectivity index (χ3v) is 4.94. The number of carboxylic acid groups (broad SMARTS) is 1. The van der Waals surface area contributed by atoms with E-state index >= 15 is 0 Å². The lowest BCUT2D eigenvalue weighted by Gasteiger charge is -2.05. The second kappa shape index (κ2) is 6.90. The first-order chi connectivity index (χ1) is 10.4. The Bertz CT molecular complexity index is 776. The van der Waals surface area contributed by atoms with Crippen molar-refractivity contribution in [3.05, 3.63) is 40.4 Å². The van der Waals surface area contributed by atoms with Gasteiger partial charge in [0.05, 0.1) is 23.3 Å². The number of nitrogens with one attached hydrogen (secondary N) is 1. The van der Waals surface area contributed by atoms with E-state index in [-0.39, 0.29) is 17.9 Å². The molecule has 2 rings (SSSR count). The number of hydrogen-bond donors (Lipinski definition) is 2. The summed E-state index contributed by atoms with van der Waals surface area (Å²) >= 11 is 1.26. The van der Waals surface area contributed by atoms with Crippen LogP contribution < -0.4 is 4.72 Å². The zero-order valence-electron chi connectivity index (χ0n) is 11.2. The SMILES string of the molecule is O=C(O)Cc1csc(CCNS(=O)(=O)c2cncc(F)c2)n1. The Morgan fingerprint density at radius 2 is 2.18 bits per heavy atom. The number of halogens is 1. The number of aliphatic carboxylic acids is 1. The van der Waals surface area contributed by atoms with E-state index in [0.717, 1.165) is 18.5 Å². The molecule has 10 heteroatoms. The van der Waals surface area contributed by atoms with Crippen molar-refractivity contribution in [3.63, 3.8) is 0 Å². The monoisotopic (exact) mass is 345 g/mol. The van der Waals surface area contributed by atoms with Crippen LogP contribution in [0.15, 0.2) is 28.7 Å². The van der Waals surface area contributed by atoms with Gasteiger partial charge in [-0.3, -0.25) is 9.78 Å². The average Bonchev–Trinajstić information content (AvgIpc) is 2.85. The molecule has 0 fully saturated rings. The molecule has 2 N–H and O–H groups in total. The molecule has 118 valence electrons. The van der Waals surface area contributed by atoms with Gasteiger partial charge in [0.1, 0.15) is 10.7 Å². The van der Waals surface area contributed by atoms with Gasteiger partial charge in [-0.05, 0) is 6.07 Å². The lowest BCUT2D eigenvalue weighted by Crippen LogP contribution is -2.26. The van der Waals surface area contributed by atoms with Crippen LogP contribution in [-0.4, -0.2) is 36.0 Å². The van der Waals surface area contributed by atoms with Gasteiger partial charge >= 0.3 is 5.97 Å². The Kier molecular flexibility index (Phi) is 5.16. The summed E-state index contributed by atoms with van der Waals surface area (Å²) in [6.07, 6.45) is 2.11. The highest BCUT2D eigenvalue weighted by Gasteiger charge is 2.15. The second-order valence-electron chi connectivity index (χ2n) is 4.29. The normalized spacial score (nSPS) is 11.5. The molecule has 0 aliphatic heterocycles. The smallest absolute Gasteiger partial charge is 0.309 e. The molecule has 0 saturated carbocycles. The Balaban J connectivity index is 1.93. The van der Waals surface area contributed by atoms with E-state index in [0.29, 0.717) is 17.1 Å². The maximum atomic E-state index is 13.0. The van der Waals surface area contributed by atoms with Crippen molar-refractivity contribution in [2.75, 3.05) is 6.54 Å². The van der Waals surface area contributed by atoms with Crippen LogP contribution in [-0.2, 0) is 27.7 Å². The fourth-order valence-electron chi connectivity index (χ4n) is 1.61. The van der Waals surface area contributed by atoms with Crippen molar-refractivity contribution in [1.29, 1.82) is 0 Å². The molecule has 0 spiro atoms. The Morgan fingerprint density at radius 1 is 1.41 bits per heavy atom. The first-order valence-electron chi connectivity index (χ1n) is 6.12. The van der Waals surface area contributed by atoms with Gasteiger partial charge in [-0.15, -0.1) is 11.3 Å². The van der Waals surface area contributed by atoms with Crippen LogP contribution in [0.5, 0.6) is 0 Å². The van der Waals surface area contributed by atoms with Crippen LogP contribution in [0.3, 0.4) is 0 Å². The minimum Gasteiger partial charge on any atom is -0.481 e. The molecule has 0 bridgehead atoms. The van der Waals surface area contributed by atoms with Crippen molar-refractivity contribution in [2.45, 2.75) is 17.7 Å². The van der Waals surface area contributed by atoms with E-state index in [1.807, 2.05) is 0 Å². The molecule has 0 radical (unpaired) electrons. The molecule has 2 heterocycles. The highest BCUT2D eigenvalue weighted by molar-refractivity contribution is 7.89. The Morgan fingerprint density at radius 3 is 2.86 bits per heavy atom. The zero-order chi connectivity index (χ0) is 16.2. The highest BCUT2D eigenvalue weighted by atomic mass is 32.2. The molecule has 7 nitrogen and oxygen atoms in total. The van der Waals surface area contributed by atoms with Gasteiger partial charge in [0.15, 0.2) is 0 Å². The summed E-state index contributed by atoms with van der Waals surface area (Å²) in [6.45, 7) is 0.0683. The second-order valence-corrected chi connectivity index (χ2v) is 7.00. The predicted octanol–water partition coefficient (Wildman–Crippen LogP) is 0.825. The summed E-state index contributed by atoms with van der Waals surface area (Å²) in [5.41, 5.74) is 0.435. The number of hydrogen-bond acceptors (Lipinski definition) is 6. The number of pyridine rings is 1. The van der Waals surface area contributed by atoms with Crippen molar-refractivity contribution in [1.82, 2.24) is 14.7 Å². The van der Waals surface area contributed by atoms with Crippen LogP contribution in [0.1, 0.15) is 10.7 Å². The van der Waals surface area contributed by atoms with Crippen LogP contribution in [0.4, 0.5) is 4.39 Å². The van der Waals surface area contributed by atoms with E-state index in [4.69, 9.17) is 5.11 Å². The van der Waals surface area contributed by atoms with Gasteiger partial charge in [-0.25, -0.2) is 22.5 Å². The molecular formula is C12H12FN3O4S2. The highest BCUT2D eigenvalue weighted by Crippen LogP contribution is 2.12. The predicted molar refractivity (Wildman–Crippen MR) is 76.5 cm³/mol. The van der Waals surface area contributed by atoms with E-state index in [1.54, 1.807) is 5.38 Å². The average molecular weight is 345 g/mol. The molecule has 0 aliphatic rings. The van der Waals surface area contributed by atoms with Crippen molar-refractivity contribution in [2.24, 2.45) is 0 Å². The molecule has 2 aromatic heterocycles. The quantitative estimate of drug-likeness (QED) is 0.769. The van der Waals surface area contributed by atoms with Gasteiger partial charge < -0.3 is 5.11 Å². The van der Waals surface area contributed by atoms with E-state index in [1.165, 1.54) is 11.3 Å². The lowest BCUT2D eigenvalue weighted by atomic mass is 10.3. The van der Waals surface area contributed by atoms with E-state index < -0.39 is 21.8 Å². The summed E-state index contributed by atoms with van der Waals surface area (Å²) in [5.74, 6) is -1.71. The van der Waals surface area contributed by atoms with E-state index in [2.05, 4.69) is 14.7 Å². The fourth-order valence-corrected chi connectivity index (χ4v) is 3.42. The number of aromatic nitrogens is 2. The molecule has 0 aliphatic carbocycles. The first-order valence-corrected chi connectivity index (χ1v) is 8.48. The molecule has 2 aromatic rings. The molecule has 0 saturated heterocycles. The molecule has 0 atom stereocenters. The fraction of sp³-hybridized carbons (Fsp3) is 0.250. The van der Waals surface area contributed by atoms with E-state index in [9.17, 15) is 17.6 Å². The maximum absolute atomic E-state index is 13.0. The van der Waals surface area contributed by atoms with Crippen LogP contribution in [0.25, 0.3) is 0 Å². The minimum atomic E-state index is -3.83. The minimum absolute atomic E-state index is 0.0683. The third kappa shape index (κ3) is 4.55. The third-order valence-electron chi connectivity index (χ3n) is 2.55. The van der Waals surface area contributed by atoms with Crippen molar-refractivity contribution < 1.29 is 22.7 Å². The lowest BCUT2D eigenvalue weighted by molar-refractivity contribution is -0.136. The number of carboxylic acids is 1. The zero-order valence-corrected chi connectivity index (χ0v) is 12.8.